The highest BCUT2D eigenvalue weighted by Crippen LogP contribution is 2.10. The van der Waals surface area contributed by atoms with Crippen molar-refractivity contribution in [3.05, 3.63) is 11.7 Å². The van der Waals surface area contributed by atoms with E-state index in [-0.39, 0.29) is 0 Å². The van der Waals surface area contributed by atoms with Gasteiger partial charge in [-0.2, -0.15) is 4.98 Å². The van der Waals surface area contributed by atoms with Crippen LogP contribution in [0.5, 0.6) is 0 Å². The van der Waals surface area contributed by atoms with Crippen LogP contribution in [0.3, 0.4) is 0 Å². The summed E-state index contributed by atoms with van der Waals surface area (Å²) in [4.78, 5) is 4.26. The first-order valence-electron chi connectivity index (χ1n) is 4.76. The molecular formula is C9H17N3O. The molecule has 1 heterocycles. The Morgan fingerprint density at radius 2 is 2.15 bits per heavy atom. The lowest BCUT2D eigenvalue weighted by Gasteiger charge is -1.93. The van der Waals surface area contributed by atoms with Crippen molar-refractivity contribution in [2.24, 2.45) is 5.73 Å². The molecule has 0 aromatic carbocycles. The first-order chi connectivity index (χ1) is 6.24. The van der Waals surface area contributed by atoms with Gasteiger partial charge >= 0.3 is 0 Å². The maximum Gasteiger partial charge on any atom is 0.226 e. The van der Waals surface area contributed by atoms with Gasteiger partial charge in [-0.15, -0.1) is 0 Å². The fourth-order valence-electron chi connectivity index (χ4n) is 1.02. The summed E-state index contributed by atoms with van der Waals surface area (Å²) < 4.78 is 5.07. The molecule has 0 amide bonds. The Kier molecular flexibility index (Phi) is 3.89. The molecule has 4 nitrogen and oxygen atoms in total. The minimum absolute atomic E-state index is 0.340. The minimum Gasteiger partial charge on any atom is -0.339 e. The molecule has 0 saturated carbocycles. The second-order valence-electron chi connectivity index (χ2n) is 3.45. The molecule has 1 aromatic rings. The molecule has 1 rings (SSSR count). The van der Waals surface area contributed by atoms with Crippen LogP contribution in [0.2, 0.25) is 0 Å². The van der Waals surface area contributed by atoms with E-state index in [1.165, 1.54) is 0 Å². The summed E-state index contributed by atoms with van der Waals surface area (Å²) in [6, 6.07) is 0. The molecular weight excluding hydrogens is 166 g/mol. The molecule has 13 heavy (non-hydrogen) atoms. The SMILES string of the molecule is CC(C)c1noc(CCCCN)n1. The molecule has 4 heteroatoms. The molecule has 74 valence electrons. The maximum atomic E-state index is 5.38. The Morgan fingerprint density at radius 3 is 2.69 bits per heavy atom. The lowest BCUT2D eigenvalue weighted by atomic mass is 10.2. The average molecular weight is 183 g/mol. The van der Waals surface area contributed by atoms with E-state index >= 15 is 0 Å². The van der Waals surface area contributed by atoms with Crippen molar-refractivity contribution >= 4 is 0 Å². The smallest absolute Gasteiger partial charge is 0.226 e. The van der Waals surface area contributed by atoms with Crippen molar-refractivity contribution in [3.63, 3.8) is 0 Å². The summed E-state index contributed by atoms with van der Waals surface area (Å²) in [5.74, 6) is 1.87. The van der Waals surface area contributed by atoms with Gasteiger partial charge in [-0.05, 0) is 19.4 Å². The van der Waals surface area contributed by atoms with Crippen LogP contribution in [0.15, 0.2) is 4.52 Å². The minimum atomic E-state index is 0.340. The van der Waals surface area contributed by atoms with E-state index in [9.17, 15) is 0 Å². The van der Waals surface area contributed by atoms with Crippen molar-refractivity contribution < 1.29 is 4.52 Å². The van der Waals surface area contributed by atoms with E-state index in [1.807, 2.05) is 0 Å². The lowest BCUT2D eigenvalue weighted by molar-refractivity contribution is 0.368. The van der Waals surface area contributed by atoms with Gasteiger partial charge in [0, 0.05) is 12.3 Å². The van der Waals surface area contributed by atoms with E-state index in [0.29, 0.717) is 5.92 Å². The lowest BCUT2D eigenvalue weighted by Crippen LogP contribution is -1.99. The molecule has 2 N–H and O–H groups in total. The fraction of sp³-hybridized carbons (Fsp3) is 0.778. The Balaban J connectivity index is 2.40. The Hall–Kier alpha value is -0.900. The van der Waals surface area contributed by atoms with E-state index in [0.717, 1.165) is 37.5 Å². The van der Waals surface area contributed by atoms with Gasteiger partial charge in [0.1, 0.15) is 0 Å². The average Bonchev–Trinajstić information content (AvgIpc) is 2.53. The van der Waals surface area contributed by atoms with Crippen molar-refractivity contribution in [2.75, 3.05) is 6.54 Å². The predicted molar refractivity (Wildman–Crippen MR) is 50.4 cm³/mol. The third-order valence-corrected chi connectivity index (χ3v) is 1.84. The van der Waals surface area contributed by atoms with Crippen LogP contribution >= 0.6 is 0 Å². The van der Waals surface area contributed by atoms with Crippen molar-refractivity contribution in [3.8, 4) is 0 Å². The number of hydrogen-bond acceptors (Lipinski definition) is 4. The third kappa shape index (κ3) is 3.14. The van der Waals surface area contributed by atoms with Crippen LogP contribution < -0.4 is 5.73 Å². The summed E-state index contributed by atoms with van der Waals surface area (Å²) in [7, 11) is 0. The first-order valence-corrected chi connectivity index (χ1v) is 4.76. The van der Waals surface area contributed by atoms with Crippen LogP contribution in [0.25, 0.3) is 0 Å². The summed E-state index contributed by atoms with van der Waals surface area (Å²) in [5, 5.41) is 3.88. The Labute approximate surface area is 78.5 Å². The standard InChI is InChI=1S/C9H17N3O/c1-7(2)9-11-8(13-12-9)5-3-4-6-10/h7H,3-6,10H2,1-2H3. The number of aryl methyl sites for hydroxylation is 1. The van der Waals surface area contributed by atoms with Gasteiger partial charge in [0.25, 0.3) is 0 Å². The van der Waals surface area contributed by atoms with Crippen LogP contribution in [0.4, 0.5) is 0 Å². The van der Waals surface area contributed by atoms with E-state index in [1.54, 1.807) is 0 Å². The molecule has 0 saturated heterocycles. The molecule has 0 aliphatic heterocycles. The highest BCUT2D eigenvalue weighted by Gasteiger charge is 2.08. The molecule has 0 atom stereocenters. The van der Waals surface area contributed by atoms with E-state index in [2.05, 4.69) is 24.0 Å². The number of rotatable bonds is 5. The highest BCUT2D eigenvalue weighted by molar-refractivity contribution is 4.91. The first kappa shape index (κ1) is 10.2. The van der Waals surface area contributed by atoms with Crippen molar-refractivity contribution in [1.29, 1.82) is 0 Å². The van der Waals surface area contributed by atoms with Gasteiger partial charge < -0.3 is 10.3 Å². The Morgan fingerprint density at radius 1 is 1.38 bits per heavy atom. The van der Waals surface area contributed by atoms with E-state index in [4.69, 9.17) is 10.3 Å². The van der Waals surface area contributed by atoms with Crippen LogP contribution in [-0.2, 0) is 6.42 Å². The summed E-state index contributed by atoms with van der Waals surface area (Å²) >= 11 is 0. The van der Waals surface area contributed by atoms with Crippen molar-refractivity contribution in [1.82, 2.24) is 10.1 Å². The largest absolute Gasteiger partial charge is 0.339 e. The van der Waals surface area contributed by atoms with Gasteiger partial charge in [0.05, 0.1) is 0 Å². The van der Waals surface area contributed by atoms with Crippen LogP contribution in [-0.4, -0.2) is 16.7 Å². The zero-order chi connectivity index (χ0) is 9.68. The second-order valence-corrected chi connectivity index (χ2v) is 3.45. The number of nitrogens with zero attached hydrogens (tertiary/aromatic N) is 2. The summed E-state index contributed by atoms with van der Waals surface area (Å²) in [6.45, 7) is 4.83. The fourth-order valence-corrected chi connectivity index (χ4v) is 1.02. The highest BCUT2D eigenvalue weighted by atomic mass is 16.5. The normalized spacial score (nSPS) is 11.1. The van der Waals surface area contributed by atoms with Gasteiger partial charge in [-0.3, -0.25) is 0 Å². The van der Waals surface area contributed by atoms with E-state index < -0.39 is 0 Å². The zero-order valence-electron chi connectivity index (χ0n) is 8.29. The number of hydrogen-bond donors (Lipinski definition) is 1. The summed E-state index contributed by atoms with van der Waals surface area (Å²) in [6.07, 6.45) is 2.88. The van der Waals surface area contributed by atoms with Crippen molar-refractivity contribution in [2.45, 2.75) is 39.0 Å². The predicted octanol–water partition coefficient (Wildman–Crippen LogP) is 1.47. The molecule has 0 bridgehead atoms. The molecule has 0 aliphatic rings. The maximum absolute atomic E-state index is 5.38. The number of aromatic nitrogens is 2. The monoisotopic (exact) mass is 183 g/mol. The quantitative estimate of drug-likeness (QED) is 0.702. The zero-order valence-corrected chi connectivity index (χ0v) is 8.29. The number of unbranched alkanes of at least 4 members (excludes halogenated alkanes) is 1. The van der Waals surface area contributed by atoms with Gasteiger partial charge in [0.2, 0.25) is 5.89 Å². The second kappa shape index (κ2) is 4.97. The van der Waals surface area contributed by atoms with Gasteiger partial charge in [-0.1, -0.05) is 19.0 Å². The topological polar surface area (TPSA) is 64.9 Å². The van der Waals surface area contributed by atoms with Crippen LogP contribution in [0.1, 0.15) is 44.3 Å². The molecule has 0 spiro atoms. The molecule has 0 fully saturated rings. The molecule has 0 aliphatic carbocycles. The van der Waals surface area contributed by atoms with Gasteiger partial charge in [-0.25, -0.2) is 0 Å². The Bertz CT molecular complexity index is 245. The molecule has 0 unspecified atom stereocenters. The number of nitrogens with two attached hydrogens (primary N) is 1. The molecule has 0 radical (unpaired) electrons. The molecule has 1 aromatic heterocycles. The summed E-state index contributed by atoms with van der Waals surface area (Å²) in [5.41, 5.74) is 5.38. The van der Waals surface area contributed by atoms with Crippen LogP contribution in [0, 0.1) is 0 Å². The van der Waals surface area contributed by atoms with Gasteiger partial charge in [0.15, 0.2) is 5.82 Å². The third-order valence-electron chi connectivity index (χ3n) is 1.84.